The molecule has 0 aliphatic rings. The molecule has 25 heavy (non-hydrogen) atoms. The van der Waals surface area contributed by atoms with Crippen molar-refractivity contribution in [1.29, 1.82) is 0 Å². The molecule has 2 aromatic carbocycles. The van der Waals surface area contributed by atoms with Crippen molar-refractivity contribution in [3.8, 4) is 0 Å². The topological polar surface area (TPSA) is 92.3 Å². The largest absolute Gasteiger partial charge is 0.349 e. The monoisotopic (exact) mass is 358 g/mol. The van der Waals surface area contributed by atoms with Gasteiger partial charge in [0, 0.05) is 12.1 Å². The number of Topliss-reactive ketones (excluding diaryl/α,β-unsaturated/α-hetero) is 1. The number of anilines is 1. The summed E-state index contributed by atoms with van der Waals surface area (Å²) in [6.07, 6.45) is 1.53. The third-order valence-electron chi connectivity index (χ3n) is 3.37. The van der Waals surface area contributed by atoms with Crippen LogP contribution in [0.3, 0.4) is 0 Å². The van der Waals surface area contributed by atoms with E-state index in [2.05, 4.69) is 16.6 Å². The highest BCUT2D eigenvalue weighted by molar-refractivity contribution is 7.92. The van der Waals surface area contributed by atoms with Gasteiger partial charge in [0.25, 0.3) is 15.9 Å². The number of sulfonamides is 1. The molecule has 0 radical (unpaired) electrons. The lowest BCUT2D eigenvalue weighted by Crippen LogP contribution is -2.25. The van der Waals surface area contributed by atoms with Crippen molar-refractivity contribution in [2.75, 3.05) is 11.3 Å². The number of ketones is 1. The van der Waals surface area contributed by atoms with Crippen LogP contribution in [-0.2, 0) is 10.0 Å². The van der Waals surface area contributed by atoms with Crippen LogP contribution in [0, 0.1) is 0 Å². The number of amides is 1. The molecule has 2 aromatic rings. The van der Waals surface area contributed by atoms with Crippen LogP contribution in [0.25, 0.3) is 0 Å². The van der Waals surface area contributed by atoms with Crippen LogP contribution in [0.15, 0.2) is 66.1 Å². The molecule has 0 saturated carbocycles. The summed E-state index contributed by atoms with van der Waals surface area (Å²) in [6.45, 7) is 5.14. The van der Waals surface area contributed by atoms with Crippen LogP contribution in [0.1, 0.15) is 27.6 Å². The van der Waals surface area contributed by atoms with Gasteiger partial charge in [-0.25, -0.2) is 8.42 Å². The smallest absolute Gasteiger partial charge is 0.261 e. The van der Waals surface area contributed by atoms with E-state index in [0.717, 1.165) is 0 Å². The molecule has 0 aliphatic carbocycles. The van der Waals surface area contributed by atoms with Gasteiger partial charge in [0.05, 0.1) is 16.1 Å². The minimum atomic E-state index is -3.95. The second-order valence-electron chi connectivity index (χ2n) is 5.23. The highest BCUT2D eigenvalue weighted by Gasteiger charge is 2.19. The van der Waals surface area contributed by atoms with Crippen LogP contribution in [0.2, 0.25) is 0 Å². The maximum Gasteiger partial charge on any atom is 0.261 e. The highest BCUT2D eigenvalue weighted by atomic mass is 32.2. The summed E-state index contributed by atoms with van der Waals surface area (Å²) in [5, 5.41) is 2.60. The minimum Gasteiger partial charge on any atom is -0.349 e. The number of benzene rings is 2. The standard InChI is InChI=1S/C18H18N2O4S/c1-3-11-19-18(22)16-9-4-5-10-17(16)20-25(23,24)15-8-6-7-14(12-15)13(2)21/h3-10,12,20H,1,11H2,2H3,(H,19,22). The Bertz CT molecular complexity index is 920. The molecule has 1 amide bonds. The van der Waals surface area contributed by atoms with Crippen molar-refractivity contribution < 1.29 is 18.0 Å². The van der Waals surface area contributed by atoms with Crippen molar-refractivity contribution in [3.05, 3.63) is 72.3 Å². The number of hydrogen-bond donors (Lipinski definition) is 2. The molecule has 0 aromatic heterocycles. The zero-order chi connectivity index (χ0) is 18.4. The van der Waals surface area contributed by atoms with Crippen molar-refractivity contribution >= 4 is 27.4 Å². The molecule has 0 bridgehead atoms. The highest BCUT2D eigenvalue weighted by Crippen LogP contribution is 2.21. The molecule has 130 valence electrons. The molecule has 0 unspecified atom stereocenters. The van der Waals surface area contributed by atoms with E-state index in [1.165, 1.54) is 49.4 Å². The van der Waals surface area contributed by atoms with Crippen molar-refractivity contribution in [1.82, 2.24) is 5.32 Å². The van der Waals surface area contributed by atoms with Crippen LogP contribution in [0.5, 0.6) is 0 Å². The zero-order valence-electron chi connectivity index (χ0n) is 13.7. The minimum absolute atomic E-state index is 0.0542. The summed E-state index contributed by atoms with van der Waals surface area (Å²) < 4.78 is 27.6. The number of carbonyl (C=O) groups excluding carboxylic acids is 2. The van der Waals surface area contributed by atoms with E-state index < -0.39 is 15.9 Å². The fraction of sp³-hybridized carbons (Fsp3) is 0.111. The van der Waals surface area contributed by atoms with Gasteiger partial charge in [0.15, 0.2) is 5.78 Å². The molecule has 2 N–H and O–H groups in total. The van der Waals surface area contributed by atoms with Crippen LogP contribution in [-0.4, -0.2) is 26.7 Å². The van der Waals surface area contributed by atoms with E-state index in [4.69, 9.17) is 0 Å². The van der Waals surface area contributed by atoms with Gasteiger partial charge in [-0.15, -0.1) is 6.58 Å². The second-order valence-corrected chi connectivity index (χ2v) is 6.92. The normalized spacial score (nSPS) is 10.8. The Morgan fingerprint density at radius 3 is 2.52 bits per heavy atom. The first kappa shape index (κ1) is 18.4. The van der Waals surface area contributed by atoms with Gasteiger partial charge in [0.1, 0.15) is 0 Å². The van der Waals surface area contributed by atoms with Crippen molar-refractivity contribution in [3.63, 3.8) is 0 Å². The predicted molar refractivity (Wildman–Crippen MR) is 96.2 cm³/mol. The Balaban J connectivity index is 2.35. The van der Waals surface area contributed by atoms with E-state index >= 15 is 0 Å². The fourth-order valence-electron chi connectivity index (χ4n) is 2.12. The van der Waals surface area contributed by atoms with Crippen LogP contribution < -0.4 is 10.0 Å². The fourth-order valence-corrected chi connectivity index (χ4v) is 3.24. The van der Waals surface area contributed by atoms with Gasteiger partial charge in [0.2, 0.25) is 0 Å². The van der Waals surface area contributed by atoms with Crippen molar-refractivity contribution in [2.24, 2.45) is 0 Å². The molecule has 0 spiro atoms. The summed E-state index contributed by atoms with van der Waals surface area (Å²) >= 11 is 0. The Labute approximate surface area is 146 Å². The lowest BCUT2D eigenvalue weighted by Gasteiger charge is -2.12. The summed E-state index contributed by atoms with van der Waals surface area (Å²) in [4.78, 5) is 23.5. The number of rotatable bonds is 7. The lowest BCUT2D eigenvalue weighted by atomic mass is 10.1. The number of hydrogen-bond acceptors (Lipinski definition) is 4. The zero-order valence-corrected chi connectivity index (χ0v) is 14.5. The lowest BCUT2D eigenvalue weighted by molar-refractivity contribution is 0.0957. The van der Waals surface area contributed by atoms with E-state index in [1.807, 2.05) is 0 Å². The van der Waals surface area contributed by atoms with E-state index in [0.29, 0.717) is 5.56 Å². The Morgan fingerprint density at radius 1 is 1.12 bits per heavy atom. The van der Waals surface area contributed by atoms with Gasteiger partial charge in [-0.2, -0.15) is 0 Å². The molecule has 0 heterocycles. The van der Waals surface area contributed by atoms with Gasteiger partial charge < -0.3 is 5.32 Å². The molecule has 0 aliphatic heterocycles. The molecule has 0 saturated heterocycles. The molecule has 2 rings (SSSR count). The van der Waals surface area contributed by atoms with Gasteiger partial charge >= 0.3 is 0 Å². The Morgan fingerprint density at radius 2 is 1.84 bits per heavy atom. The number of nitrogens with one attached hydrogen (secondary N) is 2. The quantitative estimate of drug-likeness (QED) is 0.588. The molecule has 0 fully saturated rings. The third-order valence-corrected chi connectivity index (χ3v) is 4.74. The molecule has 7 heteroatoms. The summed E-state index contributed by atoms with van der Waals surface area (Å²) in [7, 11) is -3.95. The maximum atomic E-state index is 12.6. The molecular weight excluding hydrogens is 340 g/mol. The van der Waals surface area contributed by atoms with Gasteiger partial charge in [-0.05, 0) is 31.2 Å². The van der Waals surface area contributed by atoms with Gasteiger partial charge in [-0.3, -0.25) is 14.3 Å². The first-order valence-corrected chi connectivity index (χ1v) is 8.95. The Kier molecular flexibility index (Phi) is 5.71. The van der Waals surface area contributed by atoms with E-state index in [-0.39, 0.29) is 28.5 Å². The van der Waals surface area contributed by atoms with Crippen LogP contribution in [0.4, 0.5) is 5.69 Å². The Hall–Kier alpha value is -2.93. The SMILES string of the molecule is C=CCNC(=O)c1ccccc1NS(=O)(=O)c1cccc(C(C)=O)c1. The average molecular weight is 358 g/mol. The number of para-hydroxylation sites is 1. The maximum absolute atomic E-state index is 12.6. The molecule has 6 nitrogen and oxygen atoms in total. The summed E-state index contributed by atoms with van der Waals surface area (Å²) in [6, 6.07) is 12.0. The first-order valence-electron chi connectivity index (χ1n) is 7.47. The van der Waals surface area contributed by atoms with E-state index in [9.17, 15) is 18.0 Å². The average Bonchev–Trinajstić information content (AvgIpc) is 2.60. The number of carbonyl (C=O) groups is 2. The predicted octanol–water partition coefficient (Wildman–Crippen LogP) is 2.61. The second kappa shape index (κ2) is 7.76. The third kappa shape index (κ3) is 4.54. The summed E-state index contributed by atoms with van der Waals surface area (Å²) in [5.41, 5.74) is 0.632. The first-order chi connectivity index (χ1) is 11.8. The van der Waals surface area contributed by atoms with Crippen molar-refractivity contribution in [2.45, 2.75) is 11.8 Å². The molecule has 0 atom stereocenters. The van der Waals surface area contributed by atoms with E-state index in [1.54, 1.807) is 12.1 Å². The summed E-state index contributed by atoms with van der Waals surface area (Å²) in [5.74, 6) is -0.656. The van der Waals surface area contributed by atoms with Crippen LogP contribution >= 0.6 is 0 Å². The molecular formula is C18H18N2O4S. The van der Waals surface area contributed by atoms with Gasteiger partial charge in [-0.1, -0.05) is 30.3 Å².